The lowest BCUT2D eigenvalue weighted by Gasteiger charge is -2.12. The molecular weight excluding hydrogens is 312 g/mol. The fourth-order valence-electron chi connectivity index (χ4n) is 2.42. The van der Waals surface area contributed by atoms with Crippen molar-refractivity contribution in [3.05, 3.63) is 56.9 Å². The minimum absolute atomic E-state index is 0.0486. The van der Waals surface area contributed by atoms with Gasteiger partial charge in [-0.25, -0.2) is 0 Å². The third-order valence-corrected chi connectivity index (χ3v) is 3.71. The van der Waals surface area contributed by atoms with Crippen LogP contribution in [-0.4, -0.2) is 32.3 Å². The lowest BCUT2D eigenvalue weighted by molar-refractivity contribution is -0.385. The third kappa shape index (κ3) is 3.60. The first kappa shape index (κ1) is 17.6. The number of nitrogens with one attached hydrogen (secondary N) is 1. The third-order valence-electron chi connectivity index (χ3n) is 3.71. The van der Waals surface area contributed by atoms with E-state index in [0.717, 1.165) is 5.56 Å². The first-order valence-electron chi connectivity index (χ1n) is 7.59. The number of aryl methyl sites for hydroxylation is 3. The van der Waals surface area contributed by atoms with E-state index in [0.29, 0.717) is 12.1 Å². The van der Waals surface area contributed by atoms with E-state index in [1.807, 2.05) is 19.1 Å². The van der Waals surface area contributed by atoms with E-state index in [1.165, 1.54) is 11.6 Å². The predicted molar refractivity (Wildman–Crippen MR) is 87.8 cm³/mol. The van der Waals surface area contributed by atoms with E-state index in [-0.39, 0.29) is 23.6 Å². The first-order chi connectivity index (χ1) is 11.3. The summed E-state index contributed by atoms with van der Waals surface area (Å²) >= 11 is 0. The van der Waals surface area contributed by atoms with Crippen LogP contribution >= 0.6 is 0 Å². The molecule has 0 bridgehead atoms. The maximum absolute atomic E-state index is 12.4. The van der Waals surface area contributed by atoms with Crippen LogP contribution in [0.4, 0.5) is 5.69 Å². The SMILES string of the molecule is CCn1nc(C)c([N+](=O)[O-])c1C(=O)NCC(O)c1ccc(C)cc1. The Bertz CT molecular complexity index is 752. The number of carbonyl (C=O) groups is 1. The van der Waals surface area contributed by atoms with Crippen molar-refractivity contribution >= 4 is 11.6 Å². The summed E-state index contributed by atoms with van der Waals surface area (Å²) in [6, 6.07) is 7.27. The Labute approximate surface area is 139 Å². The molecule has 0 fully saturated rings. The number of hydrogen-bond donors (Lipinski definition) is 2. The van der Waals surface area contributed by atoms with Crippen molar-refractivity contribution in [3.8, 4) is 0 Å². The molecule has 1 aromatic carbocycles. The molecule has 0 saturated carbocycles. The van der Waals surface area contributed by atoms with Crippen LogP contribution in [0.3, 0.4) is 0 Å². The van der Waals surface area contributed by atoms with Crippen molar-refractivity contribution in [2.75, 3.05) is 6.54 Å². The topological polar surface area (TPSA) is 110 Å². The molecule has 0 spiro atoms. The second-order valence-electron chi connectivity index (χ2n) is 5.49. The Morgan fingerprint density at radius 2 is 2.00 bits per heavy atom. The number of aliphatic hydroxyl groups is 1. The van der Waals surface area contributed by atoms with E-state index >= 15 is 0 Å². The Hall–Kier alpha value is -2.74. The van der Waals surface area contributed by atoms with E-state index in [1.54, 1.807) is 19.1 Å². The molecule has 128 valence electrons. The highest BCUT2D eigenvalue weighted by atomic mass is 16.6. The van der Waals surface area contributed by atoms with Gasteiger partial charge in [0.1, 0.15) is 5.69 Å². The molecule has 8 heteroatoms. The number of amides is 1. The molecule has 1 amide bonds. The van der Waals surface area contributed by atoms with Gasteiger partial charge in [0.25, 0.3) is 5.91 Å². The summed E-state index contributed by atoms with van der Waals surface area (Å²) in [5.41, 5.74) is 1.50. The largest absolute Gasteiger partial charge is 0.387 e. The highest BCUT2D eigenvalue weighted by molar-refractivity contribution is 5.96. The zero-order chi connectivity index (χ0) is 17.9. The summed E-state index contributed by atoms with van der Waals surface area (Å²) in [6.45, 7) is 5.45. The van der Waals surface area contributed by atoms with Crippen molar-refractivity contribution < 1.29 is 14.8 Å². The molecule has 0 radical (unpaired) electrons. The number of rotatable bonds is 6. The Balaban J connectivity index is 2.15. The number of carbonyl (C=O) groups excluding carboxylic acids is 1. The van der Waals surface area contributed by atoms with Crippen molar-refractivity contribution in [1.82, 2.24) is 15.1 Å². The van der Waals surface area contributed by atoms with Gasteiger partial charge in [-0.15, -0.1) is 0 Å². The molecule has 1 heterocycles. The van der Waals surface area contributed by atoms with E-state index in [9.17, 15) is 20.0 Å². The van der Waals surface area contributed by atoms with Gasteiger partial charge in [0, 0.05) is 13.1 Å². The summed E-state index contributed by atoms with van der Waals surface area (Å²) in [7, 11) is 0. The highest BCUT2D eigenvalue weighted by Crippen LogP contribution is 2.23. The van der Waals surface area contributed by atoms with Gasteiger partial charge in [0.15, 0.2) is 0 Å². The molecule has 1 aromatic heterocycles. The quantitative estimate of drug-likeness (QED) is 0.620. The molecule has 1 atom stereocenters. The number of aromatic nitrogens is 2. The predicted octanol–water partition coefficient (Wildman–Crippen LogP) is 1.89. The van der Waals surface area contributed by atoms with Gasteiger partial charge in [-0.05, 0) is 26.3 Å². The van der Waals surface area contributed by atoms with Crippen molar-refractivity contribution in [3.63, 3.8) is 0 Å². The molecule has 24 heavy (non-hydrogen) atoms. The normalized spacial score (nSPS) is 12.0. The summed E-state index contributed by atoms with van der Waals surface area (Å²) in [6.07, 6.45) is -0.896. The second kappa shape index (κ2) is 7.22. The van der Waals surface area contributed by atoms with Crippen LogP contribution in [0.2, 0.25) is 0 Å². The van der Waals surface area contributed by atoms with E-state index < -0.39 is 16.9 Å². The van der Waals surface area contributed by atoms with Crippen LogP contribution in [0, 0.1) is 24.0 Å². The Kier molecular flexibility index (Phi) is 5.30. The lowest BCUT2D eigenvalue weighted by Crippen LogP contribution is -2.30. The van der Waals surface area contributed by atoms with Crippen molar-refractivity contribution in [2.24, 2.45) is 0 Å². The molecule has 0 saturated heterocycles. The Morgan fingerprint density at radius 3 is 2.54 bits per heavy atom. The van der Waals surface area contributed by atoms with Crippen LogP contribution in [0.15, 0.2) is 24.3 Å². The van der Waals surface area contributed by atoms with Crippen LogP contribution in [0.1, 0.15) is 40.3 Å². The molecule has 1 unspecified atom stereocenters. The summed E-state index contributed by atoms with van der Waals surface area (Å²) < 4.78 is 1.29. The standard InChI is InChI=1S/C16H20N4O4/c1-4-19-15(14(20(23)24)11(3)18-19)16(22)17-9-13(21)12-7-5-10(2)6-8-12/h5-8,13,21H,4,9H2,1-3H3,(H,17,22). The number of benzene rings is 1. The smallest absolute Gasteiger partial charge is 0.322 e. The maximum Gasteiger partial charge on any atom is 0.322 e. The molecule has 0 aliphatic carbocycles. The van der Waals surface area contributed by atoms with Gasteiger partial charge in [0.05, 0.1) is 11.0 Å². The van der Waals surface area contributed by atoms with Gasteiger partial charge < -0.3 is 10.4 Å². The molecule has 2 N–H and O–H groups in total. The summed E-state index contributed by atoms with van der Waals surface area (Å²) in [4.78, 5) is 22.9. The van der Waals surface area contributed by atoms with Gasteiger partial charge in [-0.2, -0.15) is 5.10 Å². The number of nitro groups is 1. The van der Waals surface area contributed by atoms with Gasteiger partial charge in [0.2, 0.25) is 5.69 Å². The fraction of sp³-hybridized carbons (Fsp3) is 0.375. The van der Waals surface area contributed by atoms with Gasteiger partial charge >= 0.3 is 5.69 Å². The average Bonchev–Trinajstić information content (AvgIpc) is 2.89. The van der Waals surface area contributed by atoms with Crippen molar-refractivity contribution in [1.29, 1.82) is 0 Å². The van der Waals surface area contributed by atoms with Crippen LogP contribution < -0.4 is 5.32 Å². The second-order valence-corrected chi connectivity index (χ2v) is 5.49. The van der Waals surface area contributed by atoms with Crippen LogP contribution in [0.25, 0.3) is 0 Å². The lowest BCUT2D eigenvalue weighted by atomic mass is 10.1. The van der Waals surface area contributed by atoms with Crippen LogP contribution in [-0.2, 0) is 6.54 Å². The fourth-order valence-corrected chi connectivity index (χ4v) is 2.42. The molecule has 0 aliphatic rings. The molecule has 2 aromatic rings. The van der Waals surface area contributed by atoms with Crippen molar-refractivity contribution in [2.45, 2.75) is 33.4 Å². The van der Waals surface area contributed by atoms with Gasteiger partial charge in [-0.3, -0.25) is 19.6 Å². The number of hydrogen-bond acceptors (Lipinski definition) is 5. The maximum atomic E-state index is 12.4. The monoisotopic (exact) mass is 332 g/mol. The first-order valence-corrected chi connectivity index (χ1v) is 7.59. The molecular formula is C16H20N4O4. The molecule has 8 nitrogen and oxygen atoms in total. The molecule has 0 aliphatic heterocycles. The van der Waals surface area contributed by atoms with Gasteiger partial charge in [-0.1, -0.05) is 29.8 Å². The Morgan fingerprint density at radius 1 is 1.38 bits per heavy atom. The summed E-state index contributed by atoms with van der Waals surface area (Å²) in [5, 5.41) is 27.9. The highest BCUT2D eigenvalue weighted by Gasteiger charge is 2.30. The van der Waals surface area contributed by atoms with Crippen LogP contribution in [0.5, 0.6) is 0 Å². The number of nitrogens with zero attached hydrogens (tertiary/aromatic N) is 3. The zero-order valence-corrected chi connectivity index (χ0v) is 13.8. The minimum Gasteiger partial charge on any atom is -0.387 e. The van der Waals surface area contributed by atoms with E-state index in [4.69, 9.17) is 0 Å². The average molecular weight is 332 g/mol. The minimum atomic E-state index is -0.896. The zero-order valence-electron chi connectivity index (χ0n) is 13.8. The van der Waals surface area contributed by atoms with E-state index in [2.05, 4.69) is 10.4 Å². The number of aliphatic hydroxyl groups excluding tert-OH is 1. The molecule has 2 rings (SSSR count). The summed E-state index contributed by atoms with van der Waals surface area (Å²) in [5.74, 6) is -0.629.